The molecule has 0 amide bonds. The number of phosphoric acid groups is 2. The smallest absolute Gasteiger partial charge is 0.387 e. The number of ether oxygens (including phenoxy) is 1. The number of hydrogen-bond donors (Lipinski definition) is 6. The standard InChI is InChI=1S/C9H15N3O11P2/c10-5-1-2-12(9(14)11-5)8-7(23-25(18,19)20)6(13)4(22-8)3-21-24(15,16)17/h1-2,4,6-8,13H,3H2,(H2,10,11,14)(H2,15,16,17)(H2,18,19,20)/t4-,6?,7?,8-/m1/s1. The van der Waals surface area contributed by atoms with Gasteiger partial charge in [-0.1, -0.05) is 0 Å². The third-order valence-electron chi connectivity index (χ3n) is 3.10. The maximum absolute atomic E-state index is 11.9. The number of aromatic nitrogens is 2. The van der Waals surface area contributed by atoms with Crippen LogP contribution in [0.2, 0.25) is 0 Å². The Morgan fingerprint density at radius 2 is 1.92 bits per heavy atom. The molecule has 4 atom stereocenters. The average molecular weight is 403 g/mol. The van der Waals surface area contributed by atoms with E-state index in [-0.39, 0.29) is 5.82 Å². The summed E-state index contributed by atoms with van der Waals surface area (Å²) in [5, 5.41) is 10.1. The third kappa shape index (κ3) is 5.39. The molecule has 0 aromatic carbocycles. The van der Waals surface area contributed by atoms with Crippen LogP contribution in [0, 0.1) is 0 Å². The molecule has 1 saturated heterocycles. The van der Waals surface area contributed by atoms with E-state index in [0.29, 0.717) is 0 Å². The molecule has 0 aliphatic carbocycles. The monoisotopic (exact) mass is 403 g/mol. The highest BCUT2D eigenvalue weighted by Gasteiger charge is 2.49. The first-order chi connectivity index (χ1) is 11.4. The lowest BCUT2D eigenvalue weighted by atomic mass is 10.1. The van der Waals surface area contributed by atoms with Gasteiger partial charge in [-0.2, -0.15) is 4.98 Å². The highest BCUT2D eigenvalue weighted by Crippen LogP contribution is 2.45. The van der Waals surface area contributed by atoms with Crippen molar-refractivity contribution in [2.45, 2.75) is 24.5 Å². The third-order valence-corrected chi connectivity index (χ3v) is 4.11. The summed E-state index contributed by atoms with van der Waals surface area (Å²) in [6.45, 7) is -0.833. The quantitative estimate of drug-likeness (QED) is 0.274. The minimum atomic E-state index is -5.11. The molecule has 2 rings (SSSR count). The van der Waals surface area contributed by atoms with E-state index < -0.39 is 52.5 Å². The maximum Gasteiger partial charge on any atom is 0.470 e. The zero-order chi connectivity index (χ0) is 19.0. The van der Waals surface area contributed by atoms with Gasteiger partial charge in [-0.15, -0.1) is 0 Å². The van der Waals surface area contributed by atoms with Gasteiger partial charge in [-0.05, 0) is 6.07 Å². The fourth-order valence-corrected chi connectivity index (χ4v) is 3.03. The van der Waals surface area contributed by atoms with Crippen molar-refractivity contribution in [2.75, 3.05) is 12.3 Å². The fourth-order valence-electron chi connectivity index (χ4n) is 2.14. The first kappa shape index (κ1) is 20.1. The van der Waals surface area contributed by atoms with Crippen molar-refractivity contribution >= 4 is 21.5 Å². The van der Waals surface area contributed by atoms with Gasteiger partial charge >= 0.3 is 21.3 Å². The van der Waals surface area contributed by atoms with Crippen molar-refractivity contribution in [2.24, 2.45) is 0 Å². The Bertz CT molecular complexity index is 772. The molecule has 2 heterocycles. The molecule has 1 fully saturated rings. The van der Waals surface area contributed by atoms with Crippen LogP contribution < -0.4 is 11.4 Å². The van der Waals surface area contributed by atoms with Crippen LogP contribution in [0.4, 0.5) is 5.82 Å². The second-order valence-corrected chi connectivity index (χ2v) is 7.38. The highest BCUT2D eigenvalue weighted by atomic mass is 31.2. The molecule has 0 spiro atoms. The van der Waals surface area contributed by atoms with Gasteiger partial charge in [-0.3, -0.25) is 13.6 Å². The molecule has 25 heavy (non-hydrogen) atoms. The number of nitrogens with two attached hydrogens (primary N) is 1. The van der Waals surface area contributed by atoms with Crippen LogP contribution in [0.5, 0.6) is 0 Å². The fraction of sp³-hybridized carbons (Fsp3) is 0.556. The summed E-state index contributed by atoms with van der Waals surface area (Å²) in [5.41, 5.74) is 4.37. The summed E-state index contributed by atoms with van der Waals surface area (Å²) in [6.07, 6.45) is -5.47. The van der Waals surface area contributed by atoms with Gasteiger partial charge < -0.3 is 35.2 Å². The summed E-state index contributed by atoms with van der Waals surface area (Å²) in [4.78, 5) is 50.6. The van der Waals surface area contributed by atoms with Crippen molar-refractivity contribution in [3.63, 3.8) is 0 Å². The predicted molar refractivity (Wildman–Crippen MR) is 77.7 cm³/mol. The van der Waals surface area contributed by atoms with Crippen molar-refractivity contribution in [1.82, 2.24) is 9.55 Å². The molecule has 7 N–H and O–H groups in total. The second-order valence-electron chi connectivity index (χ2n) is 4.94. The van der Waals surface area contributed by atoms with Gasteiger partial charge in [0.05, 0.1) is 6.61 Å². The van der Waals surface area contributed by atoms with Crippen molar-refractivity contribution in [3.05, 3.63) is 22.7 Å². The average Bonchev–Trinajstić information content (AvgIpc) is 2.71. The zero-order valence-corrected chi connectivity index (χ0v) is 14.0. The van der Waals surface area contributed by atoms with E-state index in [4.69, 9.17) is 30.0 Å². The van der Waals surface area contributed by atoms with Crippen LogP contribution in [0.15, 0.2) is 17.1 Å². The lowest BCUT2D eigenvalue weighted by molar-refractivity contribution is -0.0535. The van der Waals surface area contributed by atoms with E-state index in [1.54, 1.807) is 0 Å². The molecular weight excluding hydrogens is 388 g/mol. The molecular formula is C9H15N3O11P2. The topological polar surface area (TPSA) is 224 Å². The first-order valence-corrected chi connectivity index (χ1v) is 9.56. The van der Waals surface area contributed by atoms with E-state index in [1.807, 2.05) is 0 Å². The van der Waals surface area contributed by atoms with Gasteiger partial charge in [0.1, 0.15) is 24.1 Å². The zero-order valence-electron chi connectivity index (χ0n) is 12.2. The number of hydrogen-bond acceptors (Lipinski definition) is 9. The Labute approximate surface area is 139 Å². The summed E-state index contributed by atoms with van der Waals surface area (Å²) in [5.74, 6) is -0.131. The molecule has 0 radical (unpaired) electrons. The molecule has 2 unspecified atom stereocenters. The number of rotatable bonds is 6. The Morgan fingerprint density at radius 3 is 2.44 bits per heavy atom. The Kier molecular flexibility index (Phi) is 5.81. The summed E-state index contributed by atoms with van der Waals surface area (Å²) in [7, 11) is -10.0. The van der Waals surface area contributed by atoms with E-state index in [1.165, 1.54) is 6.07 Å². The van der Waals surface area contributed by atoms with Gasteiger partial charge in [0.25, 0.3) is 0 Å². The Balaban J connectivity index is 2.32. The molecule has 0 saturated carbocycles. The van der Waals surface area contributed by atoms with Crippen molar-refractivity contribution in [3.8, 4) is 0 Å². The van der Waals surface area contributed by atoms with Gasteiger partial charge in [0.2, 0.25) is 0 Å². The van der Waals surface area contributed by atoms with E-state index in [9.17, 15) is 19.0 Å². The van der Waals surface area contributed by atoms with Crippen molar-refractivity contribution < 1.29 is 47.6 Å². The molecule has 14 nitrogen and oxygen atoms in total. The SMILES string of the molecule is Nc1ccn([C@@H]2O[C@H](COP(=O)(O)O)C(O)C2OP(=O)(O)O)c(=O)n1. The normalized spacial score (nSPS) is 27.6. The lowest BCUT2D eigenvalue weighted by Gasteiger charge is -2.22. The molecule has 1 aromatic heterocycles. The second kappa shape index (κ2) is 7.21. The molecule has 1 aliphatic rings. The predicted octanol–water partition coefficient (Wildman–Crippen LogP) is -2.33. The Morgan fingerprint density at radius 1 is 1.28 bits per heavy atom. The van der Waals surface area contributed by atoms with Gasteiger partial charge in [-0.25, -0.2) is 13.9 Å². The summed E-state index contributed by atoms with van der Waals surface area (Å²) < 4.78 is 36.5. The number of nitrogens with zero attached hydrogens (tertiary/aromatic N) is 2. The van der Waals surface area contributed by atoms with E-state index in [2.05, 4.69) is 14.0 Å². The largest absolute Gasteiger partial charge is 0.470 e. The molecule has 16 heteroatoms. The van der Waals surface area contributed by atoms with Crippen LogP contribution in [0.3, 0.4) is 0 Å². The molecule has 1 aliphatic heterocycles. The summed E-state index contributed by atoms with van der Waals surface area (Å²) >= 11 is 0. The lowest BCUT2D eigenvalue weighted by Crippen LogP contribution is -2.37. The molecule has 1 aromatic rings. The van der Waals surface area contributed by atoms with Gasteiger partial charge in [0, 0.05) is 6.20 Å². The van der Waals surface area contributed by atoms with Crippen LogP contribution in [-0.2, 0) is 22.9 Å². The minimum absolute atomic E-state index is 0.131. The number of nitrogen functional groups attached to an aromatic ring is 1. The number of aliphatic hydroxyl groups excluding tert-OH is 1. The number of anilines is 1. The molecule has 0 bridgehead atoms. The Hall–Kier alpha value is -1.18. The molecule has 142 valence electrons. The van der Waals surface area contributed by atoms with Crippen molar-refractivity contribution in [1.29, 1.82) is 0 Å². The van der Waals surface area contributed by atoms with Gasteiger partial charge in [0.15, 0.2) is 6.23 Å². The minimum Gasteiger partial charge on any atom is -0.387 e. The maximum atomic E-state index is 11.9. The first-order valence-electron chi connectivity index (χ1n) is 6.49. The van der Waals surface area contributed by atoms with Crippen LogP contribution in [0.25, 0.3) is 0 Å². The van der Waals surface area contributed by atoms with Crippen LogP contribution in [-0.4, -0.2) is 59.2 Å². The van der Waals surface area contributed by atoms with E-state index in [0.717, 1.165) is 10.8 Å². The number of phosphoric ester groups is 2. The number of aliphatic hydroxyl groups is 1. The van der Waals surface area contributed by atoms with E-state index >= 15 is 0 Å². The highest BCUT2D eigenvalue weighted by molar-refractivity contribution is 7.46. The summed E-state index contributed by atoms with van der Waals surface area (Å²) in [6, 6.07) is 1.19. The van der Waals surface area contributed by atoms with Crippen LogP contribution in [0.1, 0.15) is 6.23 Å². The van der Waals surface area contributed by atoms with Crippen LogP contribution >= 0.6 is 15.6 Å².